The number of anilines is 1. The van der Waals surface area contributed by atoms with Gasteiger partial charge in [-0.25, -0.2) is 4.39 Å². The molecule has 2 aromatic carbocycles. The Morgan fingerprint density at radius 2 is 1.97 bits per heavy atom. The minimum Gasteiger partial charge on any atom is -0.497 e. The summed E-state index contributed by atoms with van der Waals surface area (Å²) in [7, 11) is 3.05. The molecule has 0 fully saturated rings. The monoisotopic (exact) mass is 483 g/mol. The largest absolute Gasteiger partial charge is 0.497 e. The van der Waals surface area contributed by atoms with E-state index in [2.05, 4.69) is 15.5 Å². The van der Waals surface area contributed by atoms with Crippen molar-refractivity contribution in [3.8, 4) is 17.2 Å². The Labute approximate surface area is 198 Å². The molecule has 0 saturated heterocycles. The summed E-state index contributed by atoms with van der Waals surface area (Å²) in [4.78, 5) is 25.9. The Morgan fingerprint density at radius 1 is 1.15 bits per heavy atom. The lowest BCUT2D eigenvalue weighted by molar-refractivity contribution is -0.115. The summed E-state index contributed by atoms with van der Waals surface area (Å²) in [5.74, 6) is 0.366. The molecule has 4 aromatic rings. The Morgan fingerprint density at radius 3 is 2.68 bits per heavy atom. The number of thioether (sulfide) groups is 1. The molecule has 34 heavy (non-hydrogen) atoms. The SMILES string of the molecule is CC[C@@H](Sc1nnc2c(=O)n(-c3cccc(F)c3)ccn12)C(=O)Nc1cc(OC)ccc1OC. The standard InChI is InChI=1S/C23H22FN5O4S/c1-4-19(21(30)25-17-13-16(32-2)8-9-18(17)33-3)34-23-27-26-20-22(31)28(10-11-29(20)23)15-7-5-6-14(24)12-15/h5-13,19H,4H2,1-3H3,(H,25,30)/t19-/m1/s1. The van der Waals surface area contributed by atoms with Gasteiger partial charge in [0.05, 0.1) is 30.8 Å². The topological polar surface area (TPSA) is 99.8 Å². The molecule has 1 N–H and O–H groups in total. The van der Waals surface area contributed by atoms with Crippen molar-refractivity contribution in [3.63, 3.8) is 0 Å². The van der Waals surface area contributed by atoms with Crippen LogP contribution < -0.4 is 20.3 Å². The van der Waals surface area contributed by atoms with E-state index >= 15 is 0 Å². The minimum absolute atomic E-state index is 0.0685. The maximum absolute atomic E-state index is 13.6. The van der Waals surface area contributed by atoms with Crippen LogP contribution in [0.15, 0.2) is 64.8 Å². The first-order valence-corrected chi connectivity index (χ1v) is 11.2. The van der Waals surface area contributed by atoms with Crippen molar-refractivity contribution < 1.29 is 18.7 Å². The number of hydrogen-bond donors (Lipinski definition) is 1. The maximum atomic E-state index is 13.6. The number of amides is 1. The third-order valence-electron chi connectivity index (χ3n) is 5.10. The van der Waals surface area contributed by atoms with Gasteiger partial charge in [0.25, 0.3) is 0 Å². The lowest BCUT2D eigenvalue weighted by Crippen LogP contribution is -2.25. The quantitative estimate of drug-likeness (QED) is 0.383. The number of rotatable bonds is 8. The second-order valence-electron chi connectivity index (χ2n) is 7.20. The molecule has 0 aliphatic rings. The van der Waals surface area contributed by atoms with E-state index in [0.29, 0.717) is 34.5 Å². The summed E-state index contributed by atoms with van der Waals surface area (Å²) < 4.78 is 27.0. The molecule has 2 heterocycles. The second-order valence-corrected chi connectivity index (χ2v) is 8.37. The van der Waals surface area contributed by atoms with E-state index in [1.54, 1.807) is 30.5 Å². The van der Waals surface area contributed by atoms with Crippen LogP contribution in [0.25, 0.3) is 11.3 Å². The lowest BCUT2D eigenvalue weighted by Gasteiger charge is -2.16. The van der Waals surface area contributed by atoms with Crippen molar-refractivity contribution in [1.82, 2.24) is 19.2 Å². The van der Waals surface area contributed by atoms with Gasteiger partial charge in [0, 0.05) is 18.5 Å². The van der Waals surface area contributed by atoms with Gasteiger partial charge in [0.1, 0.15) is 17.3 Å². The smallest absolute Gasteiger partial charge is 0.300 e. The minimum atomic E-state index is -0.519. The summed E-state index contributed by atoms with van der Waals surface area (Å²) in [6.07, 6.45) is 3.62. The number of nitrogens with one attached hydrogen (secondary N) is 1. The first-order valence-electron chi connectivity index (χ1n) is 10.4. The molecule has 9 nitrogen and oxygen atoms in total. The zero-order chi connectivity index (χ0) is 24.2. The van der Waals surface area contributed by atoms with E-state index in [9.17, 15) is 14.0 Å². The number of halogens is 1. The van der Waals surface area contributed by atoms with E-state index in [1.807, 2.05) is 6.92 Å². The predicted octanol–water partition coefficient (Wildman–Crippen LogP) is 3.55. The molecule has 4 rings (SSSR count). The van der Waals surface area contributed by atoms with Crippen LogP contribution in [0.2, 0.25) is 0 Å². The average molecular weight is 484 g/mol. The number of carbonyl (C=O) groups is 1. The zero-order valence-electron chi connectivity index (χ0n) is 18.7. The van der Waals surface area contributed by atoms with Crippen molar-refractivity contribution in [3.05, 3.63) is 71.0 Å². The van der Waals surface area contributed by atoms with E-state index in [1.165, 1.54) is 59.3 Å². The van der Waals surface area contributed by atoms with E-state index in [4.69, 9.17) is 9.47 Å². The molecule has 0 saturated carbocycles. The molecule has 0 unspecified atom stereocenters. The third kappa shape index (κ3) is 4.60. The summed E-state index contributed by atoms with van der Waals surface area (Å²) in [5.41, 5.74) is 0.475. The van der Waals surface area contributed by atoms with Crippen LogP contribution in [0.4, 0.5) is 10.1 Å². The summed E-state index contributed by atoms with van der Waals surface area (Å²) in [6.45, 7) is 1.88. The van der Waals surface area contributed by atoms with Gasteiger partial charge in [-0.15, -0.1) is 10.2 Å². The van der Waals surface area contributed by atoms with Crippen LogP contribution in [-0.4, -0.2) is 44.5 Å². The summed E-state index contributed by atoms with van der Waals surface area (Å²) in [6, 6.07) is 10.8. The highest BCUT2D eigenvalue weighted by molar-refractivity contribution is 8.00. The zero-order valence-corrected chi connectivity index (χ0v) is 19.5. The van der Waals surface area contributed by atoms with Crippen molar-refractivity contribution >= 4 is 29.0 Å². The lowest BCUT2D eigenvalue weighted by atomic mass is 10.2. The highest BCUT2D eigenvalue weighted by Gasteiger charge is 2.23. The van der Waals surface area contributed by atoms with E-state index in [-0.39, 0.29) is 11.6 Å². The van der Waals surface area contributed by atoms with Gasteiger partial charge in [0.2, 0.25) is 11.6 Å². The molecule has 0 radical (unpaired) electrons. The maximum Gasteiger partial charge on any atom is 0.300 e. The fourth-order valence-electron chi connectivity index (χ4n) is 3.35. The normalized spacial score (nSPS) is 11.9. The highest BCUT2D eigenvalue weighted by Crippen LogP contribution is 2.31. The average Bonchev–Trinajstić information content (AvgIpc) is 3.26. The number of ether oxygens (including phenoxy) is 2. The molecular weight excluding hydrogens is 461 g/mol. The molecule has 1 atom stereocenters. The van der Waals surface area contributed by atoms with Gasteiger partial charge >= 0.3 is 5.56 Å². The molecule has 2 aromatic heterocycles. The first-order chi connectivity index (χ1) is 16.4. The van der Waals surface area contributed by atoms with Crippen LogP contribution in [0.5, 0.6) is 11.5 Å². The van der Waals surface area contributed by atoms with Crippen molar-refractivity contribution in [2.75, 3.05) is 19.5 Å². The van der Waals surface area contributed by atoms with Gasteiger partial charge < -0.3 is 14.8 Å². The van der Waals surface area contributed by atoms with Gasteiger partial charge in [-0.05, 0) is 36.8 Å². The third-order valence-corrected chi connectivity index (χ3v) is 6.42. The van der Waals surface area contributed by atoms with Gasteiger partial charge in [0.15, 0.2) is 5.16 Å². The van der Waals surface area contributed by atoms with E-state index < -0.39 is 16.6 Å². The van der Waals surface area contributed by atoms with Gasteiger partial charge in [-0.2, -0.15) is 0 Å². The predicted molar refractivity (Wildman–Crippen MR) is 127 cm³/mol. The van der Waals surface area contributed by atoms with Crippen LogP contribution in [-0.2, 0) is 4.79 Å². The van der Waals surface area contributed by atoms with Crippen LogP contribution in [0, 0.1) is 5.82 Å². The van der Waals surface area contributed by atoms with E-state index in [0.717, 1.165) is 0 Å². The number of carbonyl (C=O) groups excluding carboxylic acids is 1. The second kappa shape index (κ2) is 9.96. The molecule has 1 amide bonds. The molecule has 0 aliphatic heterocycles. The Balaban J connectivity index is 1.59. The molecule has 0 spiro atoms. The van der Waals surface area contributed by atoms with Gasteiger partial charge in [-0.1, -0.05) is 24.8 Å². The highest BCUT2D eigenvalue weighted by atomic mass is 32.2. The number of methoxy groups -OCH3 is 2. The Bertz CT molecular complexity index is 1400. The number of benzene rings is 2. The van der Waals surface area contributed by atoms with Crippen LogP contribution in [0.3, 0.4) is 0 Å². The Hall–Kier alpha value is -3.86. The van der Waals surface area contributed by atoms with Crippen LogP contribution in [0.1, 0.15) is 13.3 Å². The number of aromatic nitrogens is 4. The summed E-state index contributed by atoms with van der Waals surface area (Å²) in [5, 5.41) is 10.9. The van der Waals surface area contributed by atoms with Crippen LogP contribution >= 0.6 is 11.8 Å². The number of hydrogen-bond acceptors (Lipinski definition) is 7. The van der Waals surface area contributed by atoms with Crippen molar-refractivity contribution in [1.29, 1.82) is 0 Å². The molecule has 0 aliphatic carbocycles. The molecule has 11 heteroatoms. The summed E-state index contributed by atoms with van der Waals surface area (Å²) >= 11 is 1.19. The van der Waals surface area contributed by atoms with Crippen molar-refractivity contribution in [2.45, 2.75) is 23.8 Å². The first kappa shape index (κ1) is 23.3. The number of nitrogens with zero attached hydrogens (tertiary/aromatic N) is 4. The molecule has 176 valence electrons. The van der Waals surface area contributed by atoms with Crippen molar-refractivity contribution in [2.24, 2.45) is 0 Å². The molecular formula is C23H22FN5O4S. The fourth-order valence-corrected chi connectivity index (χ4v) is 4.29. The molecule has 0 bridgehead atoms. The number of fused-ring (bicyclic) bond motifs is 1. The fraction of sp³-hybridized carbons (Fsp3) is 0.217. The van der Waals surface area contributed by atoms with Gasteiger partial charge in [-0.3, -0.25) is 18.6 Å². The Kier molecular flexibility index (Phi) is 6.82.